The molecule has 0 aliphatic rings. The molecule has 1 aromatic carbocycles. The van der Waals surface area contributed by atoms with Crippen molar-refractivity contribution < 1.29 is 4.42 Å². The number of hydrogen-bond donors (Lipinski definition) is 1. The van der Waals surface area contributed by atoms with Crippen molar-refractivity contribution in [2.45, 2.75) is 26.3 Å². The van der Waals surface area contributed by atoms with E-state index >= 15 is 0 Å². The molecule has 0 radical (unpaired) electrons. The van der Waals surface area contributed by atoms with Gasteiger partial charge in [-0.2, -0.15) is 0 Å². The second-order valence-electron chi connectivity index (χ2n) is 4.24. The lowest BCUT2D eigenvalue weighted by molar-refractivity contribution is 0.388. The van der Waals surface area contributed by atoms with E-state index in [1.54, 1.807) is 0 Å². The number of furan rings is 1. The van der Waals surface area contributed by atoms with Crippen LogP contribution in [0, 0.1) is 5.92 Å². The summed E-state index contributed by atoms with van der Waals surface area (Å²) in [7, 11) is 0. The van der Waals surface area contributed by atoms with E-state index in [0.717, 1.165) is 27.6 Å². The van der Waals surface area contributed by atoms with E-state index in [4.69, 9.17) is 10.2 Å². The van der Waals surface area contributed by atoms with Crippen LogP contribution in [0.1, 0.15) is 32.1 Å². The van der Waals surface area contributed by atoms with Gasteiger partial charge in [0.2, 0.25) is 0 Å². The first-order valence-electron chi connectivity index (χ1n) is 5.56. The standard InChI is InChI=1S/C13H16BrNO/c1-3-8(2)13(15)12-7-9-6-10(14)4-5-11(9)16-12/h4-8,13H,3,15H2,1-2H3. The molecule has 0 fully saturated rings. The van der Waals surface area contributed by atoms with E-state index in [0.29, 0.717) is 5.92 Å². The lowest BCUT2D eigenvalue weighted by atomic mass is 9.98. The fraction of sp³-hybridized carbons (Fsp3) is 0.385. The maximum Gasteiger partial charge on any atom is 0.134 e. The van der Waals surface area contributed by atoms with E-state index in [-0.39, 0.29) is 6.04 Å². The SMILES string of the molecule is CCC(C)C(N)c1cc2cc(Br)ccc2o1. The number of nitrogens with two attached hydrogens (primary N) is 1. The number of fused-ring (bicyclic) bond motifs is 1. The maximum absolute atomic E-state index is 6.15. The Morgan fingerprint density at radius 3 is 2.81 bits per heavy atom. The number of halogens is 1. The Morgan fingerprint density at radius 2 is 2.12 bits per heavy atom. The Bertz CT molecular complexity index is 492. The molecule has 0 saturated carbocycles. The molecule has 0 saturated heterocycles. The first kappa shape index (κ1) is 11.7. The van der Waals surface area contributed by atoms with Gasteiger partial charge in [-0.3, -0.25) is 0 Å². The van der Waals surface area contributed by atoms with Crippen molar-refractivity contribution in [1.29, 1.82) is 0 Å². The molecule has 0 bridgehead atoms. The van der Waals surface area contributed by atoms with E-state index in [1.807, 2.05) is 24.3 Å². The lowest BCUT2D eigenvalue weighted by Crippen LogP contribution is -2.17. The molecule has 2 nitrogen and oxygen atoms in total. The predicted molar refractivity (Wildman–Crippen MR) is 70.3 cm³/mol. The van der Waals surface area contributed by atoms with Gasteiger partial charge < -0.3 is 10.2 Å². The van der Waals surface area contributed by atoms with Gasteiger partial charge in [-0.05, 0) is 30.2 Å². The van der Waals surface area contributed by atoms with Crippen LogP contribution in [0.2, 0.25) is 0 Å². The number of hydrogen-bond acceptors (Lipinski definition) is 2. The summed E-state index contributed by atoms with van der Waals surface area (Å²) < 4.78 is 6.82. The Hall–Kier alpha value is -0.800. The van der Waals surface area contributed by atoms with Crippen LogP contribution >= 0.6 is 15.9 Å². The van der Waals surface area contributed by atoms with Crippen molar-refractivity contribution in [2.24, 2.45) is 11.7 Å². The highest BCUT2D eigenvalue weighted by molar-refractivity contribution is 9.10. The van der Waals surface area contributed by atoms with E-state index < -0.39 is 0 Å². The normalized spacial score (nSPS) is 15.2. The summed E-state index contributed by atoms with van der Waals surface area (Å²) >= 11 is 3.45. The van der Waals surface area contributed by atoms with Crippen LogP contribution in [0.15, 0.2) is 33.2 Å². The van der Waals surface area contributed by atoms with Gasteiger partial charge in [-0.15, -0.1) is 0 Å². The molecule has 2 aromatic rings. The van der Waals surface area contributed by atoms with Gasteiger partial charge in [0.05, 0.1) is 6.04 Å². The third-order valence-electron chi connectivity index (χ3n) is 3.08. The first-order valence-corrected chi connectivity index (χ1v) is 6.35. The predicted octanol–water partition coefficient (Wildman–Crippen LogP) is 4.24. The summed E-state index contributed by atoms with van der Waals surface area (Å²) in [6.07, 6.45) is 1.06. The molecule has 1 heterocycles. The zero-order valence-electron chi connectivity index (χ0n) is 9.53. The molecule has 86 valence electrons. The summed E-state index contributed by atoms with van der Waals surface area (Å²) in [6, 6.07) is 8.01. The van der Waals surface area contributed by atoms with Crippen LogP contribution in [-0.4, -0.2) is 0 Å². The Kier molecular flexibility index (Phi) is 3.36. The molecule has 2 unspecified atom stereocenters. The van der Waals surface area contributed by atoms with Gasteiger partial charge in [0.15, 0.2) is 0 Å². The van der Waals surface area contributed by atoms with Crippen LogP contribution in [0.4, 0.5) is 0 Å². The highest BCUT2D eigenvalue weighted by Crippen LogP contribution is 2.29. The zero-order valence-corrected chi connectivity index (χ0v) is 11.1. The second-order valence-corrected chi connectivity index (χ2v) is 5.16. The molecule has 2 atom stereocenters. The lowest BCUT2D eigenvalue weighted by Gasteiger charge is -2.15. The number of benzene rings is 1. The van der Waals surface area contributed by atoms with Crippen LogP contribution in [-0.2, 0) is 0 Å². The summed E-state index contributed by atoms with van der Waals surface area (Å²) in [4.78, 5) is 0. The van der Waals surface area contributed by atoms with Gasteiger partial charge in [0.25, 0.3) is 0 Å². The van der Waals surface area contributed by atoms with Crippen molar-refractivity contribution >= 4 is 26.9 Å². The van der Waals surface area contributed by atoms with Crippen LogP contribution in [0.5, 0.6) is 0 Å². The third kappa shape index (κ3) is 2.15. The van der Waals surface area contributed by atoms with Crippen molar-refractivity contribution in [3.05, 3.63) is 34.5 Å². The topological polar surface area (TPSA) is 39.2 Å². The summed E-state index contributed by atoms with van der Waals surface area (Å²) in [5.74, 6) is 1.31. The van der Waals surface area contributed by atoms with Crippen LogP contribution < -0.4 is 5.73 Å². The molecule has 0 aliphatic heterocycles. The van der Waals surface area contributed by atoms with Gasteiger partial charge in [0.1, 0.15) is 11.3 Å². The molecule has 0 spiro atoms. The van der Waals surface area contributed by atoms with Crippen molar-refractivity contribution in [3.8, 4) is 0 Å². The van der Waals surface area contributed by atoms with Crippen molar-refractivity contribution in [3.63, 3.8) is 0 Å². The molecule has 0 aliphatic carbocycles. The van der Waals surface area contributed by atoms with Gasteiger partial charge in [-0.1, -0.05) is 36.2 Å². The molecule has 1 aromatic heterocycles. The molecule has 16 heavy (non-hydrogen) atoms. The Balaban J connectivity index is 2.39. The average Bonchev–Trinajstić information content (AvgIpc) is 2.69. The monoisotopic (exact) mass is 281 g/mol. The van der Waals surface area contributed by atoms with Gasteiger partial charge >= 0.3 is 0 Å². The van der Waals surface area contributed by atoms with Crippen molar-refractivity contribution in [1.82, 2.24) is 0 Å². The van der Waals surface area contributed by atoms with E-state index in [9.17, 15) is 0 Å². The third-order valence-corrected chi connectivity index (χ3v) is 3.58. The molecule has 2 rings (SSSR count). The summed E-state index contributed by atoms with van der Waals surface area (Å²) in [5.41, 5.74) is 7.05. The zero-order chi connectivity index (χ0) is 11.7. The van der Waals surface area contributed by atoms with E-state index in [1.165, 1.54) is 0 Å². The fourth-order valence-corrected chi connectivity index (χ4v) is 2.11. The minimum absolute atomic E-state index is 0.0174. The minimum atomic E-state index is -0.0174. The highest BCUT2D eigenvalue weighted by Gasteiger charge is 2.17. The van der Waals surface area contributed by atoms with Crippen LogP contribution in [0.3, 0.4) is 0 Å². The minimum Gasteiger partial charge on any atom is -0.459 e. The quantitative estimate of drug-likeness (QED) is 0.914. The second kappa shape index (κ2) is 4.60. The fourth-order valence-electron chi connectivity index (χ4n) is 1.73. The summed E-state index contributed by atoms with van der Waals surface area (Å²) in [6.45, 7) is 4.29. The van der Waals surface area contributed by atoms with Crippen LogP contribution in [0.25, 0.3) is 11.0 Å². The molecule has 2 N–H and O–H groups in total. The Morgan fingerprint density at radius 1 is 1.38 bits per heavy atom. The number of rotatable bonds is 3. The summed E-state index contributed by atoms with van der Waals surface area (Å²) in [5, 5.41) is 1.10. The van der Waals surface area contributed by atoms with Gasteiger partial charge in [-0.25, -0.2) is 0 Å². The molecular weight excluding hydrogens is 266 g/mol. The highest BCUT2D eigenvalue weighted by atomic mass is 79.9. The van der Waals surface area contributed by atoms with E-state index in [2.05, 4.69) is 29.8 Å². The smallest absolute Gasteiger partial charge is 0.134 e. The molecule has 0 amide bonds. The van der Waals surface area contributed by atoms with Gasteiger partial charge in [0, 0.05) is 9.86 Å². The largest absolute Gasteiger partial charge is 0.459 e. The maximum atomic E-state index is 6.15. The Labute approximate surface area is 104 Å². The first-order chi connectivity index (χ1) is 7.61. The average molecular weight is 282 g/mol. The van der Waals surface area contributed by atoms with Crippen molar-refractivity contribution in [2.75, 3.05) is 0 Å². The molecule has 3 heteroatoms. The molecular formula is C13H16BrNO.